The molecule has 0 spiro atoms. The van der Waals surface area contributed by atoms with Crippen molar-refractivity contribution in [3.05, 3.63) is 22.5 Å². The average Bonchev–Trinajstić information content (AvgIpc) is 2.84. The van der Waals surface area contributed by atoms with E-state index in [1.54, 1.807) is 18.7 Å². The molecule has 23 heavy (non-hydrogen) atoms. The number of H-pyrrole nitrogens is 1. The quantitative estimate of drug-likeness (QED) is 0.715. The highest BCUT2D eigenvalue weighted by Crippen LogP contribution is 2.28. The van der Waals surface area contributed by atoms with Gasteiger partial charge < -0.3 is 15.4 Å². The normalized spacial score (nSPS) is 16.8. The predicted octanol–water partition coefficient (Wildman–Crippen LogP) is 2.17. The van der Waals surface area contributed by atoms with Gasteiger partial charge in [0.1, 0.15) is 11.2 Å². The minimum atomic E-state index is -1.22. The summed E-state index contributed by atoms with van der Waals surface area (Å²) in [5.41, 5.74) is 0.902. The van der Waals surface area contributed by atoms with Crippen LogP contribution < -0.4 is 5.32 Å². The number of ketones is 1. The zero-order chi connectivity index (χ0) is 17.2. The number of amides is 1. The van der Waals surface area contributed by atoms with Gasteiger partial charge in [-0.05, 0) is 50.2 Å². The Morgan fingerprint density at radius 2 is 1.91 bits per heavy atom. The number of carboxylic acids is 1. The van der Waals surface area contributed by atoms with E-state index in [4.69, 9.17) is 0 Å². The third kappa shape index (κ3) is 3.29. The lowest BCUT2D eigenvalue weighted by Crippen LogP contribution is -2.56. The number of rotatable bonds is 5. The van der Waals surface area contributed by atoms with Crippen LogP contribution in [0.15, 0.2) is 0 Å². The average molecular weight is 338 g/mol. The topological polar surface area (TPSA) is 99.3 Å². The van der Waals surface area contributed by atoms with Crippen LogP contribution in [0.3, 0.4) is 0 Å². The van der Waals surface area contributed by atoms with E-state index >= 15 is 0 Å². The molecule has 1 aliphatic heterocycles. The van der Waals surface area contributed by atoms with Gasteiger partial charge in [0.2, 0.25) is 0 Å². The number of carboxylic acid groups (broad SMARTS) is 1. The Labute approximate surface area is 139 Å². The van der Waals surface area contributed by atoms with Crippen LogP contribution in [0, 0.1) is 6.92 Å². The molecule has 1 aromatic heterocycles. The summed E-state index contributed by atoms with van der Waals surface area (Å²) in [5, 5.41) is 12.3. The van der Waals surface area contributed by atoms with Crippen LogP contribution in [0.1, 0.15) is 58.8 Å². The van der Waals surface area contributed by atoms with Crippen molar-refractivity contribution in [2.24, 2.45) is 0 Å². The zero-order valence-electron chi connectivity index (χ0n) is 13.6. The van der Waals surface area contributed by atoms with E-state index in [9.17, 15) is 19.5 Å². The monoisotopic (exact) mass is 338 g/mol. The van der Waals surface area contributed by atoms with Crippen LogP contribution in [-0.4, -0.2) is 44.8 Å². The SMILES string of the molecule is CCc1c(C(=O)NC2(C(=O)O)CCSCC2)[nH]c(C)c1C(C)=O. The first-order valence-corrected chi connectivity index (χ1v) is 8.84. The van der Waals surface area contributed by atoms with Gasteiger partial charge in [0.15, 0.2) is 5.78 Å². The molecule has 2 heterocycles. The molecule has 0 saturated carbocycles. The standard InChI is InChI=1S/C16H22N2O4S/c1-4-11-12(10(3)19)9(2)17-13(11)14(20)18-16(15(21)22)5-7-23-8-6-16/h17H,4-8H2,1-3H3,(H,18,20)(H,21,22). The molecule has 1 aromatic rings. The number of carbonyl (C=O) groups is 3. The van der Waals surface area contributed by atoms with Gasteiger partial charge in [-0.3, -0.25) is 9.59 Å². The molecular formula is C16H22N2O4S. The lowest BCUT2D eigenvalue weighted by atomic mass is 9.91. The zero-order valence-corrected chi connectivity index (χ0v) is 14.4. The number of thioether (sulfide) groups is 1. The van der Waals surface area contributed by atoms with Gasteiger partial charge in [0.25, 0.3) is 5.91 Å². The summed E-state index contributed by atoms with van der Waals surface area (Å²) in [6.45, 7) is 5.08. The van der Waals surface area contributed by atoms with E-state index in [0.29, 0.717) is 53.3 Å². The summed E-state index contributed by atoms with van der Waals surface area (Å²) >= 11 is 1.69. The van der Waals surface area contributed by atoms with E-state index in [0.717, 1.165) is 0 Å². The van der Waals surface area contributed by atoms with Gasteiger partial charge in [-0.25, -0.2) is 4.79 Å². The molecule has 1 aliphatic rings. The van der Waals surface area contributed by atoms with Gasteiger partial charge in [0, 0.05) is 11.3 Å². The first kappa shape index (κ1) is 17.6. The number of nitrogens with one attached hydrogen (secondary N) is 2. The van der Waals surface area contributed by atoms with Gasteiger partial charge in [-0.15, -0.1) is 0 Å². The second-order valence-corrected chi connectivity index (χ2v) is 7.07. The summed E-state index contributed by atoms with van der Waals surface area (Å²) in [7, 11) is 0. The van der Waals surface area contributed by atoms with E-state index in [2.05, 4.69) is 10.3 Å². The van der Waals surface area contributed by atoms with E-state index in [1.807, 2.05) is 6.92 Å². The smallest absolute Gasteiger partial charge is 0.329 e. The lowest BCUT2D eigenvalue weighted by Gasteiger charge is -2.33. The molecule has 2 rings (SSSR count). The van der Waals surface area contributed by atoms with Crippen LogP contribution in [-0.2, 0) is 11.2 Å². The third-order valence-electron chi connectivity index (χ3n) is 4.33. The number of aliphatic carboxylic acids is 1. The van der Waals surface area contributed by atoms with Crippen molar-refractivity contribution in [3.8, 4) is 0 Å². The molecular weight excluding hydrogens is 316 g/mol. The number of aryl methyl sites for hydroxylation is 1. The molecule has 6 nitrogen and oxygen atoms in total. The Bertz CT molecular complexity index is 645. The minimum absolute atomic E-state index is 0.100. The number of hydrogen-bond acceptors (Lipinski definition) is 4. The van der Waals surface area contributed by atoms with Gasteiger partial charge in [-0.1, -0.05) is 6.92 Å². The maximum atomic E-state index is 12.7. The van der Waals surface area contributed by atoms with Crippen LogP contribution in [0.2, 0.25) is 0 Å². The van der Waals surface area contributed by atoms with Crippen molar-refractivity contribution in [3.63, 3.8) is 0 Å². The molecule has 1 fully saturated rings. The summed E-state index contributed by atoms with van der Waals surface area (Å²) in [6.07, 6.45) is 1.33. The molecule has 0 unspecified atom stereocenters. The second kappa shape index (κ2) is 6.78. The molecule has 0 aliphatic carbocycles. The highest BCUT2D eigenvalue weighted by atomic mass is 32.2. The van der Waals surface area contributed by atoms with Crippen LogP contribution in [0.5, 0.6) is 0 Å². The fourth-order valence-electron chi connectivity index (χ4n) is 3.09. The van der Waals surface area contributed by atoms with Crippen molar-refractivity contribution in [1.29, 1.82) is 0 Å². The van der Waals surface area contributed by atoms with E-state index < -0.39 is 17.4 Å². The number of hydrogen-bond donors (Lipinski definition) is 3. The van der Waals surface area contributed by atoms with Crippen molar-refractivity contribution < 1.29 is 19.5 Å². The molecule has 3 N–H and O–H groups in total. The number of aromatic amines is 1. The maximum absolute atomic E-state index is 12.7. The van der Waals surface area contributed by atoms with Crippen LogP contribution >= 0.6 is 11.8 Å². The number of carbonyl (C=O) groups excluding carboxylic acids is 2. The fourth-order valence-corrected chi connectivity index (χ4v) is 4.28. The molecule has 1 amide bonds. The van der Waals surface area contributed by atoms with E-state index in [1.165, 1.54) is 6.92 Å². The Morgan fingerprint density at radius 3 is 2.39 bits per heavy atom. The molecule has 0 radical (unpaired) electrons. The van der Waals surface area contributed by atoms with E-state index in [-0.39, 0.29) is 5.78 Å². The van der Waals surface area contributed by atoms with Crippen molar-refractivity contribution in [2.75, 3.05) is 11.5 Å². The Hall–Kier alpha value is -1.76. The van der Waals surface area contributed by atoms with Crippen molar-refractivity contribution in [2.45, 2.75) is 45.6 Å². The van der Waals surface area contributed by atoms with Crippen LogP contribution in [0.25, 0.3) is 0 Å². The summed E-state index contributed by atoms with van der Waals surface area (Å²) < 4.78 is 0. The summed E-state index contributed by atoms with van der Waals surface area (Å²) in [6, 6.07) is 0. The Balaban J connectivity index is 2.35. The first-order chi connectivity index (χ1) is 10.8. The molecule has 126 valence electrons. The summed E-state index contributed by atoms with van der Waals surface area (Å²) in [4.78, 5) is 39.1. The molecule has 0 bridgehead atoms. The minimum Gasteiger partial charge on any atom is -0.480 e. The Morgan fingerprint density at radius 1 is 1.30 bits per heavy atom. The number of Topliss-reactive ketones (excluding diaryl/α,β-unsaturated/α-hetero) is 1. The first-order valence-electron chi connectivity index (χ1n) is 7.68. The van der Waals surface area contributed by atoms with Gasteiger partial charge in [-0.2, -0.15) is 11.8 Å². The molecule has 1 saturated heterocycles. The second-order valence-electron chi connectivity index (χ2n) is 5.84. The lowest BCUT2D eigenvalue weighted by molar-refractivity contribution is -0.144. The van der Waals surface area contributed by atoms with Crippen LogP contribution in [0.4, 0.5) is 0 Å². The highest BCUT2D eigenvalue weighted by molar-refractivity contribution is 7.99. The molecule has 7 heteroatoms. The predicted molar refractivity (Wildman–Crippen MR) is 89.3 cm³/mol. The number of aromatic nitrogens is 1. The summed E-state index contributed by atoms with van der Waals surface area (Å²) in [5.74, 6) is -0.145. The molecule has 0 atom stereocenters. The largest absolute Gasteiger partial charge is 0.480 e. The maximum Gasteiger partial charge on any atom is 0.329 e. The Kier molecular flexibility index (Phi) is 5.19. The van der Waals surface area contributed by atoms with Crippen molar-refractivity contribution in [1.82, 2.24) is 10.3 Å². The van der Waals surface area contributed by atoms with Gasteiger partial charge >= 0.3 is 5.97 Å². The molecule has 0 aromatic carbocycles. The fraction of sp³-hybridized carbons (Fsp3) is 0.562. The van der Waals surface area contributed by atoms with Gasteiger partial charge in [0.05, 0.1) is 0 Å². The van der Waals surface area contributed by atoms with Crippen molar-refractivity contribution >= 4 is 29.4 Å². The third-order valence-corrected chi connectivity index (χ3v) is 5.32. The highest BCUT2D eigenvalue weighted by Gasteiger charge is 2.42.